The zero-order valence-corrected chi connectivity index (χ0v) is 22.2. The van der Waals surface area contributed by atoms with E-state index in [-0.39, 0.29) is 0 Å². The van der Waals surface area contributed by atoms with Crippen molar-refractivity contribution in [3.63, 3.8) is 0 Å². The molecule has 1 aromatic carbocycles. The van der Waals surface area contributed by atoms with Crippen LogP contribution in [-0.2, 0) is 11.4 Å². The van der Waals surface area contributed by atoms with Gasteiger partial charge in [-0.1, -0.05) is 49.6 Å². The topological polar surface area (TPSA) is 97.2 Å². The van der Waals surface area contributed by atoms with Gasteiger partial charge in [-0.15, -0.1) is 5.48 Å². The number of anilines is 2. The molecule has 6 rings (SSSR count). The van der Waals surface area contributed by atoms with Crippen molar-refractivity contribution < 1.29 is 9.63 Å². The van der Waals surface area contributed by atoms with Crippen LogP contribution in [0.3, 0.4) is 0 Å². The number of nitrogens with zero attached hydrogens (tertiary/aromatic N) is 5. The SMILES string of the molecule is CC1CCC(Cn2c(N(C)c3ccccc3)nc3cc(C4NOC(=O)N4)nc(-c4cncc(Cl)c4)c32)CC1. The summed E-state index contributed by atoms with van der Waals surface area (Å²) in [4.78, 5) is 33.3. The van der Waals surface area contributed by atoms with Crippen LogP contribution in [0.5, 0.6) is 0 Å². The Morgan fingerprint density at radius 1 is 1.11 bits per heavy atom. The molecule has 4 aromatic rings. The smallest absolute Gasteiger partial charge is 0.351 e. The van der Waals surface area contributed by atoms with Crippen molar-refractivity contribution in [2.45, 2.75) is 45.3 Å². The van der Waals surface area contributed by atoms with Crippen LogP contribution in [0.25, 0.3) is 22.3 Å². The second-order valence-corrected chi connectivity index (χ2v) is 10.7. The van der Waals surface area contributed by atoms with Gasteiger partial charge < -0.3 is 14.3 Å². The van der Waals surface area contributed by atoms with Crippen molar-refractivity contribution in [1.82, 2.24) is 30.3 Å². The molecule has 4 heterocycles. The van der Waals surface area contributed by atoms with Gasteiger partial charge in [-0.3, -0.25) is 10.3 Å². The molecule has 2 fully saturated rings. The third-order valence-corrected chi connectivity index (χ3v) is 7.76. The van der Waals surface area contributed by atoms with E-state index in [0.717, 1.165) is 40.7 Å². The average molecular weight is 532 g/mol. The number of imidazole rings is 1. The van der Waals surface area contributed by atoms with Crippen molar-refractivity contribution in [2.24, 2.45) is 11.8 Å². The Labute approximate surface area is 226 Å². The van der Waals surface area contributed by atoms with Gasteiger partial charge in [0.25, 0.3) is 0 Å². The Kier molecular flexibility index (Phi) is 6.63. The van der Waals surface area contributed by atoms with Gasteiger partial charge in [0.1, 0.15) is 0 Å². The summed E-state index contributed by atoms with van der Waals surface area (Å²) in [6.07, 6.45) is 7.06. The van der Waals surface area contributed by atoms with E-state index >= 15 is 0 Å². The first kappa shape index (κ1) is 24.6. The number of para-hydroxylation sites is 1. The van der Waals surface area contributed by atoms with E-state index in [1.807, 2.05) is 37.4 Å². The fraction of sp³-hybridized carbons (Fsp3) is 0.357. The lowest BCUT2D eigenvalue weighted by Crippen LogP contribution is -2.24. The highest BCUT2D eigenvalue weighted by Crippen LogP contribution is 2.37. The maximum atomic E-state index is 11.8. The summed E-state index contributed by atoms with van der Waals surface area (Å²) in [7, 11) is 2.04. The van der Waals surface area contributed by atoms with Crippen LogP contribution in [0, 0.1) is 11.8 Å². The highest BCUT2D eigenvalue weighted by molar-refractivity contribution is 6.30. The lowest BCUT2D eigenvalue weighted by molar-refractivity contribution is 0.121. The minimum absolute atomic E-state index is 0.521. The molecule has 3 aromatic heterocycles. The molecule has 0 bridgehead atoms. The number of hydrogen-bond acceptors (Lipinski definition) is 7. The molecule has 1 aliphatic heterocycles. The number of pyridine rings is 2. The van der Waals surface area contributed by atoms with Gasteiger partial charge >= 0.3 is 6.09 Å². The first-order chi connectivity index (χ1) is 18.5. The Morgan fingerprint density at radius 2 is 1.89 bits per heavy atom. The Hall–Kier alpha value is -3.69. The van der Waals surface area contributed by atoms with Crippen LogP contribution >= 0.6 is 11.6 Å². The zero-order valence-electron chi connectivity index (χ0n) is 21.4. The number of benzene rings is 1. The van der Waals surface area contributed by atoms with E-state index in [9.17, 15) is 4.79 Å². The number of halogens is 1. The molecule has 196 valence electrons. The molecule has 1 atom stereocenters. The largest absolute Gasteiger partial charge is 0.427 e. The fourth-order valence-corrected chi connectivity index (χ4v) is 5.62. The number of rotatable bonds is 6. The Morgan fingerprint density at radius 3 is 2.61 bits per heavy atom. The molecule has 1 saturated heterocycles. The summed E-state index contributed by atoms with van der Waals surface area (Å²) >= 11 is 6.37. The van der Waals surface area contributed by atoms with Crippen LogP contribution in [0.4, 0.5) is 16.4 Å². The molecule has 10 heteroatoms. The number of nitrogens with one attached hydrogen (secondary N) is 2. The quantitative estimate of drug-likeness (QED) is 0.315. The van der Waals surface area contributed by atoms with Crippen LogP contribution in [-0.4, -0.2) is 32.7 Å². The first-order valence-corrected chi connectivity index (χ1v) is 13.4. The second kappa shape index (κ2) is 10.2. The van der Waals surface area contributed by atoms with Crippen LogP contribution in [0.15, 0.2) is 54.9 Å². The van der Waals surface area contributed by atoms with Crippen LogP contribution in [0.1, 0.15) is 44.5 Å². The molecule has 1 unspecified atom stereocenters. The summed E-state index contributed by atoms with van der Waals surface area (Å²) in [5.41, 5.74) is 7.51. The van der Waals surface area contributed by atoms with Gasteiger partial charge in [0.15, 0.2) is 6.17 Å². The number of carbonyl (C=O) groups excluding carboxylic acids is 1. The van der Waals surface area contributed by atoms with E-state index in [4.69, 9.17) is 26.4 Å². The average Bonchev–Trinajstić information content (AvgIpc) is 3.53. The van der Waals surface area contributed by atoms with E-state index in [0.29, 0.717) is 22.3 Å². The summed E-state index contributed by atoms with van der Waals surface area (Å²) in [5, 5.41) is 3.26. The van der Waals surface area contributed by atoms with E-state index < -0.39 is 12.3 Å². The van der Waals surface area contributed by atoms with Gasteiger partial charge in [0.2, 0.25) is 5.95 Å². The molecule has 9 nitrogen and oxygen atoms in total. The standard InChI is InChI=1S/C28H30ClN7O2/c1-17-8-10-18(11-9-17)16-36-25-22(32-27(36)35(2)21-6-4-3-5-7-21)13-23(26-33-28(37)38-34-26)31-24(25)19-12-20(29)15-30-14-19/h3-7,12-15,17-18,26,34H,8-11,16H2,1-2H3,(H,33,37). The molecular weight excluding hydrogens is 502 g/mol. The van der Waals surface area contributed by atoms with Crippen molar-refractivity contribution in [3.8, 4) is 11.3 Å². The predicted octanol–water partition coefficient (Wildman–Crippen LogP) is 5.98. The predicted molar refractivity (Wildman–Crippen MR) is 147 cm³/mol. The van der Waals surface area contributed by atoms with Gasteiger partial charge in [-0.05, 0) is 48.9 Å². The molecule has 0 radical (unpaired) electrons. The number of hydrogen-bond donors (Lipinski definition) is 2. The van der Waals surface area contributed by atoms with Gasteiger partial charge in [-0.25, -0.2) is 14.8 Å². The third kappa shape index (κ3) is 4.79. The monoisotopic (exact) mass is 531 g/mol. The Balaban J connectivity index is 1.55. The molecular formula is C28H30ClN7O2. The lowest BCUT2D eigenvalue weighted by Gasteiger charge is -2.28. The molecule has 2 N–H and O–H groups in total. The summed E-state index contributed by atoms with van der Waals surface area (Å²) in [6.45, 7) is 3.17. The molecule has 0 spiro atoms. The number of fused-ring (bicyclic) bond motifs is 1. The van der Waals surface area contributed by atoms with Crippen molar-refractivity contribution in [3.05, 3.63) is 65.6 Å². The maximum Gasteiger partial charge on any atom is 0.427 e. The van der Waals surface area contributed by atoms with Crippen LogP contribution in [0.2, 0.25) is 5.02 Å². The van der Waals surface area contributed by atoms with Crippen molar-refractivity contribution >= 4 is 40.4 Å². The minimum Gasteiger partial charge on any atom is -0.351 e. The maximum absolute atomic E-state index is 11.8. The van der Waals surface area contributed by atoms with E-state index in [1.54, 1.807) is 12.4 Å². The molecule has 1 aliphatic carbocycles. The number of aromatic nitrogens is 4. The summed E-state index contributed by atoms with van der Waals surface area (Å²) < 4.78 is 2.30. The summed E-state index contributed by atoms with van der Waals surface area (Å²) in [5.74, 6) is 2.14. The second-order valence-electron chi connectivity index (χ2n) is 10.3. The minimum atomic E-state index is -0.599. The first-order valence-electron chi connectivity index (χ1n) is 13.0. The lowest BCUT2D eigenvalue weighted by atomic mass is 9.83. The number of hydroxylamine groups is 1. The van der Waals surface area contributed by atoms with Crippen molar-refractivity contribution in [2.75, 3.05) is 11.9 Å². The van der Waals surface area contributed by atoms with Gasteiger partial charge in [0, 0.05) is 37.2 Å². The zero-order chi connectivity index (χ0) is 26.2. The number of amides is 1. The molecule has 1 saturated carbocycles. The summed E-state index contributed by atoms with van der Waals surface area (Å²) in [6, 6.07) is 14.0. The number of carbonyl (C=O) groups is 1. The van der Waals surface area contributed by atoms with Gasteiger partial charge in [-0.2, -0.15) is 0 Å². The normalized spacial score (nSPS) is 21.3. The van der Waals surface area contributed by atoms with Gasteiger partial charge in [0.05, 0.1) is 27.4 Å². The highest BCUT2D eigenvalue weighted by Gasteiger charge is 2.29. The van der Waals surface area contributed by atoms with Crippen molar-refractivity contribution in [1.29, 1.82) is 0 Å². The van der Waals surface area contributed by atoms with Crippen LogP contribution < -0.4 is 15.7 Å². The molecule has 2 aliphatic rings. The van der Waals surface area contributed by atoms with E-state index in [1.165, 1.54) is 25.7 Å². The third-order valence-electron chi connectivity index (χ3n) is 7.55. The Bertz CT molecular complexity index is 1470. The molecule has 38 heavy (non-hydrogen) atoms. The fourth-order valence-electron chi connectivity index (χ4n) is 5.44. The molecule has 1 amide bonds. The highest BCUT2D eigenvalue weighted by atomic mass is 35.5. The van der Waals surface area contributed by atoms with E-state index in [2.05, 4.69) is 44.3 Å².